The maximum atomic E-state index is 13.5. The van der Waals surface area contributed by atoms with Crippen LogP contribution in [0.5, 0.6) is 5.75 Å². The third kappa shape index (κ3) is 3.84. The Labute approximate surface area is 144 Å². The molecular weight excluding hydrogens is 361 g/mol. The molecule has 0 saturated carbocycles. The lowest BCUT2D eigenvalue weighted by atomic mass is 10.2. The van der Waals surface area contributed by atoms with E-state index in [0.29, 0.717) is 0 Å². The van der Waals surface area contributed by atoms with Crippen molar-refractivity contribution < 1.29 is 31.5 Å². The van der Waals surface area contributed by atoms with Crippen LogP contribution in [-0.2, 0) is 6.18 Å². The standard InChI is InChI=1S/C16H12F5N3O2/c17-11-2-1-3-12(18)14(11)23-15(25)24-7-10(8-24)26-9-4-5-22-13(6-9)16(19,20)21/h1-6,10H,7-8H2,(H,23,25). The molecule has 1 aliphatic heterocycles. The minimum Gasteiger partial charge on any atom is -0.487 e. The molecule has 1 aliphatic rings. The summed E-state index contributed by atoms with van der Waals surface area (Å²) in [7, 11) is 0. The highest BCUT2D eigenvalue weighted by Gasteiger charge is 2.35. The van der Waals surface area contributed by atoms with Gasteiger partial charge in [-0.25, -0.2) is 13.6 Å². The van der Waals surface area contributed by atoms with Crippen LogP contribution in [0.25, 0.3) is 0 Å². The van der Waals surface area contributed by atoms with Gasteiger partial charge < -0.3 is 15.0 Å². The van der Waals surface area contributed by atoms with E-state index >= 15 is 0 Å². The maximum Gasteiger partial charge on any atom is 0.433 e. The number of aromatic nitrogens is 1. The number of urea groups is 1. The molecule has 2 heterocycles. The van der Waals surface area contributed by atoms with Crippen molar-refractivity contribution in [3.05, 3.63) is 53.9 Å². The van der Waals surface area contributed by atoms with Crippen molar-refractivity contribution in [1.82, 2.24) is 9.88 Å². The van der Waals surface area contributed by atoms with Crippen LogP contribution in [-0.4, -0.2) is 35.1 Å². The zero-order valence-electron chi connectivity index (χ0n) is 13.1. The zero-order chi connectivity index (χ0) is 18.9. The number of anilines is 1. The number of nitrogens with zero attached hydrogens (tertiary/aromatic N) is 2. The first-order valence-corrected chi connectivity index (χ1v) is 7.44. The van der Waals surface area contributed by atoms with E-state index in [1.54, 1.807) is 0 Å². The van der Waals surface area contributed by atoms with Crippen molar-refractivity contribution in [2.24, 2.45) is 0 Å². The SMILES string of the molecule is O=C(Nc1c(F)cccc1F)N1CC(Oc2ccnc(C(F)(F)F)c2)C1. The molecule has 1 aromatic carbocycles. The Morgan fingerprint density at radius 3 is 2.46 bits per heavy atom. The van der Waals surface area contributed by atoms with E-state index in [1.807, 2.05) is 0 Å². The van der Waals surface area contributed by atoms with Crippen LogP contribution >= 0.6 is 0 Å². The molecule has 3 rings (SSSR count). The summed E-state index contributed by atoms with van der Waals surface area (Å²) in [5, 5.41) is 2.12. The summed E-state index contributed by atoms with van der Waals surface area (Å²) in [6.45, 7) is 0.122. The topological polar surface area (TPSA) is 54.5 Å². The van der Waals surface area contributed by atoms with Crippen LogP contribution in [0.4, 0.5) is 32.4 Å². The van der Waals surface area contributed by atoms with E-state index in [-0.39, 0.29) is 18.8 Å². The Balaban J connectivity index is 1.55. The number of rotatable bonds is 3. The summed E-state index contributed by atoms with van der Waals surface area (Å²) in [5.74, 6) is -1.86. The largest absolute Gasteiger partial charge is 0.487 e. The number of carbonyl (C=O) groups is 1. The van der Waals surface area contributed by atoms with Crippen LogP contribution in [0.1, 0.15) is 5.69 Å². The van der Waals surface area contributed by atoms with Gasteiger partial charge in [0.2, 0.25) is 0 Å². The van der Waals surface area contributed by atoms with Crippen molar-refractivity contribution in [3.63, 3.8) is 0 Å². The number of carbonyl (C=O) groups excluding carboxylic acids is 1. The van der Waals surface area contributed by atoms with Gasteiger partial charge in [-0.3, -0.25) is 4.98 Å². The number of hydrogen-bond donors (Lipinski definition) is 1. The maximum absolute atomic E-state index is 13.5. The molecule has 1 N–H and O–H groups in total. The second-order valence-corrected chi connectivity index (χ2v) is 5.55. The van der Waals surface area contributed by atoms with Gasteiger partial charge in [-0.05, 0) is 18.2 Å². The average molecular weight is 373 g/mol. The molecular formula is C16H12F5N3O2. The number of hydrogen-bond acceptors (Lipinski definition) is 3. The molecule has 5 nitrogen and oxygen atoms in total. The minimum atomic E-state index is -4.59. The zero-order valence-corrected chi connectivity index (χ0v) is 13.1. The average Bonchev–Trinajstić information content (AvgIpc) is 2.53. The number of alkyl halides is 3. The van der Waals surface area contributed by atoms with E-state index in [0.717, 1.165) is 30.5 Å². The van der Waals surface area contributed by atoms with Crippen molar-refractivity contribution in [3.8, 4) is 5.75 Å². The molecule has 0 bridgehead atoms. The molecule has 0 radical (unpaired) electrons. The smallest absolute Gasteiger partial charge is 0.433 e. The summed E-state index contributed by atoms with van der Waals surface area (Å²) < 4.78 is 70.2. The first-order valence-electron chi connectivity index (χ1n) is 7.44. The normalized spacial score (nSPS) is 14.7. The van der Waals surface area contributed by atoms with Gasteiger partial charge in [-0.2, -0.15) is 13.2 Å². The van der Waals surface area contributed by atoms with Crippen LogP contribution in [0.2, 0.25) is 0 Å². The van der Waals surface area contributed by atoms with E-state index < -0.39 is 41.3 Å². The van der Waals surface area contributed by atoms with Gasteiger partial charge in [0.25, 0.3) is 0 Å². The fraction of sp³-hybridized carbons (Fsp3) is 0.250. The quantitative estimate of drug-likeness (QED) is 0.836. The van der Waals surface area contributed by atoms with Crippen molar-refractivity contribution in [1.29, 1.82) is 0 Å². The number of pyridine rings is 1. The first-order chi connectivity index (χ1) is 12.2. The number of ether oxygens (including phenoxy) is 1. The monoisotopic (exact) mass is 373 g/mol. The highest BCUT2D eigenvalue weighted by atomic mass is 19.4. The number of benzene rings is 1. The molecule has 1 aromatic heterocycles. The summed E-state index contributed by atoms with van der Waals surface area (Å²) in [4.78, 5) is 16.4. The van der Waals surface area contributed by atoms with Gasteiger partial charge in [-0.15, -0.1) is 0 Å². The molecule has 138 valence electrons. The summed E-state index contributed by atoms with van der Waals surface area (Å²) in [6, 6.07) is 4.46. The predicted octanol–water partition coefficient (Wildman–Crippen LogP) is 3.67. The molecule has 0 unspecified atom stereocenters. The van der Waals surface area contributed by atoms with E-state index in [4.69, 9.17) is 4.74 Å². The number of likely N-dealkylation sites (tertiary alicyclic amines) is 1. The molecule has 2 aromatic rings. The van der Waals surface area contributed by atoms with Gasteiger partial charge in [0.15, 0.2) is 0 Å². The Kier molecular flexibility index (Phi) is 4.66. The highest BCUT2D eigenvalue weighted by molar-refractivity contribution is 5.90. The fourth-order valence-corrected chi connectivity index (χ4v) is 2.31. The second-order valence-electron chi connectivity index (χ2n) is 5.55. The second kappa shape index (κ2) is 6.77. The van der Waals surface area contributed by atoms with E-state index in [2.05, 4.69) is 10.3 Å². The highest BCUT2D eigenvalue weighted by Crippen LogP contribution is 2.30. The lowest BCUT2D eigenvalue weighted by molar-refractivity contribution is -0.141. The Bertz CT molecular complexity index is 802. The Morgan fingerprint density at radius 2 is 1.85 bits per heavy atom. The van der Waals surface area contributed by atoms with Crippen LogP contribution < -0.4 is 10.1 Å². The van der Waals surface area contributed by atoms with Crippen molar-refractivity contribution in [2.75, 3.05) is 18.4 Å². The van der Waals surface area contributed by atoms with Crippen LogP contribution in [0.15, 0.2) is 36.5 Å². The molecule has 0 aliphatic carbocycles. The first kappa shape index (κ1) is 17.9. The van der Waals surface area contributed by atoms with E-state index in [9.17, 15) is 26.7 Å². The summed E-state index contributed by atoms with van der Waals surface area (Å²) >= 11 is 0. The van der Waals surface area contributed by atoms with Crippen molar-refractivity contribution >= 4 is 11.7 Å². The van der Waals surface area contributed by atoms with Crippen molar-refractivity contribution in [2.45, 2.75) is 12.3 Å². The molecule has 0 spiro atoms. The summed E-state index contributed by atoms with van der Waals surface area (Å²) in [5.41, 5.74) is -1.65. The number of para-hydroxylation sites is 1. The predicted molar refractivity (Wildman–Crippen MR) is 80.6 cm³/mol. The molecule has 2 amide bonds. The van der Waals surface area contributed by atoms with Crippen LogP contribution in [0, 0.1) is 11.6 Å². The number of halogens is 5. The molecule has 0 atom stereocenters. The minimum absolute atomic E-state index is 0.0301. The molecule has 10 heteroatoms. The van der Waals surface area contributed by atoms with Gasteiger partial charge in [-0.1, -0.05) is 6.07 Å². The Hall–Kier alpha value is -2.91. The Morgan fingerprint density at radius 1 is 1.19 bits per heavy atom. The third-order valence-corrected chi connectivity index (χ3v) is 3.65. The molecule has 26 heavy (non-hydrogen) atoms. The molecule has 1 fully saturated rings. The lowest BCUT2D eigenvalue weighted by Gasteiger charge is -2.38. The lowest BCUT2D eigenvalue weighted by Crippen LogP contribution is -2.57. The van der Waals surface area contributed by atoms with Crippen LogP contribution in [0.3, 0.4) is 0 Å². The van der Waals surface area contributed by atoms with Gasteiger partial charge in [0.1, 0.15) is 34.9 Å². The van der Waals surface area contributed by atoms with Gasteiger partial charge >= 0.3 is 12.2 Å². The van der Waals surface area contributed by atoms with E-state index in [1.165, 1.54) is 11.0 Å². The summed E-state index contributed by atoms with van der Waals surface area (Å²) in [6.07, 6.45) is -4.15. The number of amides is 2. The number of nitrogens with one attached hydrogen (secondary N) is 1. The van der Waals surface area contributed by atoms with Gasteiger partial charge in [0.05, 0.1) is 13.1 Å². The fourth-order valence-electron chi connectivity index (χ4n) is 2.31. The van der Waals surface area contributed by atoms with Gasteiger partial charge in [0, 0.05) is 12.3 Å². The third-order valence-electron chi connectivity index (χ3n) is 3.65. The molecule has 1 saturated heterocycles.